The Morgan fingerprint density at radius 1 is 1.30 bits per heavy atom. The lowest BCUT2D eigenvalue weighted by atomic mass is 10.2. The van der Waals surface area contributed by atoms with Crippen molar-refractivity contribution in [2.24, 2.45) is 0 Å². The van der Waals surface area contributed by atoms with E-state index in [0.29, 0.717) is 29.1 Å². The summed E-state index contributed by atoms with van der Waals surface area (Å²) in [6.45, 7) is 5.35. The molecule has 2 fully saturated rings. The van der Waals surface area contributed by atoms with Crippen molar-refractivity contribution in [1.82, 2.24) is 24.8 Å². The summed E-state index contributed by atoms with van der Waals surface area (Å²) in [4.78, 5) is 12.8. The van der Waals surface area contributed by atoms with E-state index in [0.717, 1.165) is 43.5 Å². The summed E-state index contributed by atoms with van der Waals surface area (Å²) in [6, 6.07) is 2.62. The fourth-order valence-electron chi connectivity index (χ4n) is 4.40. The number of rotatable bonds is 7. The Morgan fingerprint density at radius 2 is 2.10 bits per heavy atom. The molecular formula is C20H27N7O2S. The number of carbonyl (C=O) groups is 1. The number of thioether (sulfide) groups is 1. The van der Waals surface area contributed by atoms with Gasteiger partial charge >= 0.3 is 0 Å². The number of anilines is 1. The number of aromatic nitrogens is 5. The van der Waals surface area contributed by atoms with Gasteiger partial charge in [0, 0.05) is 18.3 Å². The Hall–Kier alpha value is -2.38. The Morgan fingerprint density at radius 3 is 2.80 bits per heavy atom. The molecule has 30 heavy (non-hydrogen) atoms. The van der Waals surface area contributed by atoms with Crippen LogP contribution in [0.25, 0.3) is 0 Å². The first-order chi connectivity index (χ1) is 14.6. The van der Waals surface area contributed by atoms with Gasteiger partial charge in [0.05, 0.1) is 24.0 Å². The molecule has 0 unspecified atom stereocenters. The minimum absolute atomic E-state index is 0.125. The normalized spacial score (nSPS) is 19.3. The number of nitrogens with zero attached hydrogens (tertiary/aromatic N) is 6. The van der Waals surface area contributed by atoms with E-state index in [1.54, 1.807) is 4.68 Å². The number of hydrogen-bond donors (Lipinski definition) is 1. The first-order valence-corrected chi connectivity index (χ1v) is 11.5. The van der Waals surface area contributed by atoms with E-state index in [9.17, 15) is 10.1 Å². The van der Waals surface area contributed by atoms with Crippen molar-refractivity contribution < 1.29 is 9.53 Å². The first kappa shape index (κ1) is 20.9. The zero-order valence-corrected chi connectivity index (χ0v) is 18.2. The van der Waals surface area contributed by atoms with E-state index in [1.807, 2.05) is 13.8 Å². The molecule has 0 bridgehead atoms. The predicted octanol–water partition coefficient (Wildman–Crippen LogP) is 2.99. The monoisotopic (exact) mass is 429 g/mol. The van der Waals surface area contributed by atoms with Gasteiger partial charge in [-0.05, 0) is 55.5 Å². The molecule has 2 aliphatic rings. The molecule has 2 aromatic rings. The van der Waals surface area contributed by atoms with Crippen molar-refractivity contribution in [3.05, 3.63) is 16.8 Å². The molecule has 9 nitrogen and oxygen atoms in total. The first-order valence-electron chi connectivity index (χ1n) is 10.5. The van der Waals surface area contributed by atoms with Crippen LogP contribution in [-0.4, -0.2) is 49.1 Å². The van der Waals surface area contributed by atoms with Gasteiger partial charge in [-0.2, -0.15) is 5.26 Å². The van der Waals surface area contributed by atoms with Crippen LogP contribution in [0.4, 0.5) is 5.82 Å². The van der Waals surface area contributed by atoms with E-state index < -0.39 is 0 Å². The fraction of sp³-hybridized carbons (Fsp3) is 0.650. The summed E-state index contributed by atoms with van der Waals surface area (Å²) in [5.74, 6) is 0.633. The Balaban J connectivity index is 1.44. The van der Waals surface area contributed by atoms with Gasteiger partial charge in [0.25, 0.3) is 0 Å². The highest BCUT2D eigenvalue weighted by molar-refractivity contribution is 7.99. The third-order valence-corrected chi connectivity index (χ3v) is 7.01. The third-order valence-electron chi connectivity index (χ3n) is 6.05. The molecule has 1 N–H and O–H groups in total. The number of hydrogen-bond acceptors (Lipinski definition) is 7. The average Bonchev–Trinajstić information content (AvgIpc) is 3.52. The maximum Gasteiger partial charge on any atom is 0.235 e. The minimum Gasteiger partial charge on any atom is -0.376 e. The van der Waals surface area contributed by atoms with Crippen LogP contribution in [0.5, 0.6) is 0 Å². The van der Waals surface area contributed by atoms with Gasteiger partial charge in [-0.25, -0.2) is 4.68 Å². The molecule has 3 heterocycles. The zero-order chi connectivity index (χ0) is 21.1. The zero-order valence-electron chi connectivity index (χ0n) is 17.4. The van der Waals surface area contributed by atoms with Gasteiger partial charge in [0.2, 0.25) is 11.1 Å². The van der Waals surface area contributed by atoms with E-state index in [-0.39, 0.29) is 17.8 Å². The highest BCUT2D eigenvalue weighted by Crippen LogP contribution is 2.37. The Bertz CT molecular complexity index is 949. The quantitative estimate of drug-likeness (QED) is 0.674. The molecule has 0 radical (unpaired) electrons. The fourth-order valence-corrected chi connectivity index (χ4v) is 5.09. The van der Waals surface area contributed by atoms with Gasteiger partial charge in [-0.15, -0.1) is 5.10 Å². The van der Waals surface area contributed by atoms with Crippen molar-refractivity contribution in [1.29, 1.82) is 5.26 Å². The molecule has 1 amide bonds. The highest BCUT2D eigenvalue weighted by Gasteiger charge is 2.27. The van der Waals surface area contributed by atoms with Gasteiger partial charge < -0.3 is 14.6 Å². The average molecular weight is 430 g/mol. The van der Waals surface area contributed by atoms with Crippen LogP contribution < -0.4 is 5.32 Å². The maximum atomic E-state index is 12.8. The molecule has 160 valence electrons. The van der Waals surface area contributed by atoms with E-state index in [4.69, 9.17) is 4.74 Å². The number of tetrazole rings is 1. The number of ether oxygens (including phenoxy) is 1. The molecule has 1 atom stereocenters. The summed E-state index contributed by atoms with van der Waals surface area (Å²) in [7, 11) is 0. The molecule has 10 heteroatoms. The molecule has 0 aromatic carbocycles. The van der Waals surface area contributed by atoms with Crippen LogP contribution in [0.2, 0.25) is 0 Å². The summed E-state index contributed by atoms with van der Waals surface area (Å²) in [5, 5.41) is 25.1. The molecule has 1 aliphatic heterocycles. The van der Waals surface area contributed by atoms with Gasteiger partial charge in [0.15, 0.2) is 0 Å². The number of amides is 1. The van der Waals surface area contributed by atoms with Crippen LogP contribution in [0.1, 0.15) is 61.4 Å². The summed E-state index contributed by atoms with van der Waals surface area (Å²) < 4.78 is 9.50. The third kappa shape index (κ3) is 4.23. The smallest absolute Gasteiger partial charge is 0.235 e. The van der Waals surface area contributed by atoms with Crippen molar-refractivity contribution >= 4 is 23.5 Å². The van der Waals surface area contributed by atoms with Crippen molar-refractivity contribution in [2.75, 3.05) is 17.7 Å². The second kappa shape index (κ2) is 9.18. The van der Waals surface area contributed by atoms with Gasteiger partial charge in [0.1, 0.15) is 11.9 Å². The maximum absolute atomic E-state index is 12.8. The van der Waals surface area contributed by atoms with Crippen molar-refractivity contribution in [2.45, 2.75) is 76.2 Å². The van der Waals surface area contributed by atoms with Crippen molar-refractivity contribution in [3.8, 4) is 6.07 Å². The second-order valence-corrected chi connectivity index (χ2v) is 8.91. The van der Waals surface area contributed by atoms with Crippen LogP contribution in [0.3, 0.4) is 0 Å². The van der Waals surface area contributed by atoms with E-state index in [1.165, 1.54) is 24.6 Å². The molecule has 2 aromatic heterocycles. The largest absolute Gasteiger partial charge is 0.376 e. The number of nitrogens with one attached hydrogen (secondary N) is 1. The lowest BCUT2D eigenvalue weighted by Gasteiger charge is -2.19. The van der Waals surface area contributed by atoms with E-state index in [2.05, 4.69) is 31.5 Å². The predicted molar refractivity (Wildman–Crippen MR) is 112 cm³/mol. The summed E-state index contributed by atoms with van der Waals surface area (Å²) in [5.41, 5.74) is 2.55. The topological polar surface area (TPSA) is 111 Å². The van der Waals surface area contributed by atoms with E-state index >= 15 is 0 Å². The minimum atomic E-state index is -0.167. The highest BCUT2D eigenvalue weighted by atomic mass is 32.2. The molecule has 1 aliphatic carbocycles. The van der Waals surface area contributed by atoms with Gasteiger partial charge in [-0.3, -0.25) is 4.79 Å². The molecular weight excluding hydrogens is 402 g/mol. The number of nitriles is 1. The van der Waals surface area contributed by atoms with Crippen molar-refractivity contribution in [3.63, 3.8) is 0 Å². The standard InChI is InChI=1S/C20H27N7O2S/c1-13-14(2)27(15-6-3-4-7-15)19(17(13)10-21)22-18(28)12-30-20-23-24-25-26(20)11-16-8-5-9-29-16/h15-16H,3-9,11-12H2,1-2H3,(H,22,28)/t16-/m0/s1. The second-order valence-electron chi connectivity index (χ2n) is 7.97. The Kier molecular flexibility index (Phi) is 6.39. The summed E-state index contributed by atoms with van der Waals surface area (Å²) >= 11 is 1.29. The molecule has 4 rings (SSSR count). The lowest BCUT2D eigenvalue weighted by Crippen LogP contribution is -2.20. The van der Waals surface area contributed by atoms with Crippen LogP contribution in [0.15, 0.2) is 5.16 Å². The number of carbonyl (C=O) groups excluding carboxylic acids is 1. The van der Waals surface area contributed by atoms with Crippen LogP contribution >= 0.6 is 11.8 Å². The van der Waals surface area contributed by atoms with Crippen LogP contribution in [-0.2, 0) is 16.1 Å². The Labute approximate surface area is 180 Å². The van der Waals surface area contributed by atoms with Gasteiger partial charge in [-0.1, -0.05) is 24.6 Å². The molecule has 0 spiro atoms. The lowest BCUT2D eigenvalue weighted by molar-refractivity contribution is -0.113. The SMILES string of the molecule is Cc1c(C#N)c(NC(=O)CSc2nnnn2C[C@@H]2CCCO2)n(C2CCCC2)c1C. The molecule has 1 saturated heterocycles. The molecule has 1 saturated carbocycles. The summed E-state index contributed by atoms with van der Waals surface area (Å²) in [6.07, 6.45) is 6.70. The van der Waals surface area contributed by atoms with Crippen LogP contribution in [0, 0.1) is 25.2 Å².